The van der Waals surface area contributed by atoms with E-state index in [9.17, 15) is 0 Å². The van der Waals surface area contributed by atoms with Crippen LogP contribution in [0.5, 0.6) is 0 Å². The molecule has 4 aliphatic carbocycles. The molecule has 0 spiro atoms. The Morgan fingerprint density at radius 2 is 1.89 bits per heavy atom. The fourth-order valence-corrected chi connectivity index (χ4v) is 6.62. The van der Waals surface area contributed by atoms with Gasteiger partial charge in [-0.05, 0) is 86.5 Å². The minimum atomic E-state index is 0.716. The third-order valence-electron chi connectivity index (χ3n) is 7.38. The van der Waals surface area contributed by atoms with Gasteiger partial charge in [-0.2, -0.15) is 0 Å². The zero-order valence-electron chi connectivity index (χ0n) is 12.7. The third kappa shape index (κ3) is 2.07. The largest absolute Gasteiger partial charge is 0.316 e. The van der Waals surface area contributed by atoms with E-state index in [0.29, 0.717) is 5.41 Å². The van der Waals surface area contributed by atoms with Crippen LogP contribution in [0.4, 0.5) is 0 Å². The van der Waals surface area contributed by atoms with Gasteiger partial charge in [0.15, 0.2) is 0 Å². The van der Waals surface area contributed by atoms with E-state index in [4.69, 9.17) is 0 Å². The lowest BCUT2D eigenvalue weighted by Gasteiger charge is -2.42. The Bertz CT molecular complexity index is 339. The Hall–Kier alpha value is -0.0400. The van der Waals surface area contributed by atoms with Crippen LogP contribution in [0, 0.1) is 35.0 Å². The van der Waals surface area contributed by atoms with Crippen LogP contribution in [-0.2, 0) is 0 Å². The van der Waals surface area contributed by atoms with E-state index in [1.807, 2.05) is 0 Å². The molecule has 4 bridgehead atoms. The molecule has 1 nitrogen and oxygen atoms in total. The number of nitrogens with one attached hydrogen (secondary N) is 1. The van der Waals surface area contributed by atoms with Crippen LogP contribution in [0.15, 0.2) is 0 Å². The van der Waals surface area contributed by atoms with Gasteiger partial charge in [-0.1, -0.05) is 19.8 Å². The number of hydrogen-bond donors (Lipinski definition) is 1. The Kier molecular flexibility index (Phi) is 3.17. The molecular weight excluding hydrogens is 230 g/mol. The summed E-state index contributed by atoms with van der Waals surface area (Å²) >= 11 is 0. The van der Waals surface area contributed by atoms with Crippen molar-refractivity contribution in [2.75, 3.05) is 13.1 Å². The molecule has 0 aromatic heterocycles. The molecule has 0 amide bonds. The Labute approximate surface area is 118 Å². The zero-order chi connectivity index (χ0) is 12.9. The normalized spacial score (nSPS) is 51.3. The molecule has 0 heterocycles. The molecule has 0 radical (unpaired) electrons. The van der Waals surface area contributed by atoms with Crippen molar-refractivity contribution in [2.45, 2.75) is 64.7 Å². The molecule has 1 N–H and O–H groups in total. The van der Waals surface area contributed by atoms with E-state index in [-0.39, 0.29) is 0 Å². The van der Waals surface area contributed by atoms with E-state index < -0.39 is 0 Å². The highest BCUT2D eigenvalue weighted by Crippen LogP contribution is 2.61. The molecular formula is C18H31N. The molecule has 1 heteroatoms. The first kappa shape index (κ1) is 12.7. The molecule has 4 aliphatic rings. The molecule has 108 valence electrons. The standard InChI is InChI=1S/C18H31N/c1-2-19-12-18(10-14-4-6-17(18)9-14)11-16-8-13-3-5-15(16)7-13/h13-17,19H,2-12H2,1H3. The molecule has 0 aliphatic heterocycles. The van der Waals surface area contributed by atoms with Crippen molar-refractivity contribution < 1.29 is 0 Å². The molecule has 0 aromatic rings. The van der Waals surface area contributed by atoms with Crippen molar-refractivity contribution in [1.82, 2.24) is 5.32 Å². The van der Waals surface area contributed by atoms with Crippen molar-refractivity contribution in [3.8, 4) is 0 Å². The maximum absolute atomic E-state index is 3.73. The Morgan fingerprint density at radius 3 is 2.47 bits per heavy atom. The highest BCUT2D eigenvalue weighted by molar-refractivity contribution is 5.04. The maximum atomic E-state index is 3.73. The van der Waals surface area contributed by atoms with Crippen molar-refractivity contribution >= 4 is 0 Å². The van der Waals surface area contributed by atoms with Gasteiger partial charge in [-0.25, -0.2) is 0 Å². The van der Waals surface area contributed by atoms with Crippen LogP contribution in [-0.4, -0.2) is 13.1 Å². The highest BCUT2D eigenvalue weighted by Gasteiger charge is 2.53. The van der Waals surface area contributed by atoms with Crippen LogP contribution in [0.25, 0.3) is 0 Å². The predicted molar refractivity (Wildman–Crippen MR) is 80.0 cm³/mol. The molecule has 6 atom stereocenters. The lowest BCUT2D eigenvalue weighted by Crippen LogP contribution is -2.41. The van der Waals surface area contributed by atoms with Crippen LogP contribution < -0.4 is 5.32 Å². The summed E-state index contributed by atoms with van der Waals surface area (Å²) in [5.74, 6) is 5.54. The summed E-state index contributed by atoms with van der Waals surface area (Å²) in [6.07, 6.45) is 14.2. The first-order valence-corrected chi connectivity index (χ1v) is 9.00. The third-order valence-corrected chi connectivity index (χ3v) is 7.38. The second-order valence-corrected chi connectivity index (χ2v) is 8.36. The minimum absolute atomic E-state index is 0.716. The average molecular weight is 261 g/mol. The van der Waals surface area contributed by atoms with Gasteiger partial charge >= 0.3 is 0 Å². The maximum Gasteiger partial charge on any atom is 0.00106 e. The second-order valence-electron chi connectivity index (χ2n) is 8.36. The number of fused-ring (bicyclic) bond motifs is 4. The summed E-state index contributed by atoms with van der Waals surface area (Å²) in [6.45, 7) is 4.77. The van der Waals surface area contributed by atoms with E-state index >= 15 is 0 Å². The number of hydrogen-bond acceptors (Lipinski definition) is 1. The molecule has 0 aromatic carbocycles. The van der Waals surface area contributed by atoms with Gasteiger partial charge in [0.25, 0.3) is 0 Å². The lowest BCUT2D eigenvalue weighted by molar-refractivity contribution is 0.0975. The van der Waals surface area contributed by atoms with Crippen molar-refractivity contribution in [1.29, 1.82) is 0 Å². The first-order chi connectivity index (χ1) is 9.29. The van der Waals surface area contributed by atoms with Crippen LogP contribution >= 0.6 is 0 Å². The Morgan fingerprint density at radius 1 is 1.00 bits per heavy atom. The zero-order valence-corrected chi connectivity index (χ0v) is 12.7. The van der Waals surface area contributed by atoms with Crippen molar-refractivity contribution in [2.24, 2.45) is 35.0 Å². The number of rotatable bonds is 5. The van der Waals surface area contributed by atoms with Crippen molar-refractivity contribution in [3.63, 3.8) is 0 Å². The van der Waals surface area contributed by atoms with Gasteiger partial charge in [-0.15, -0.1) is 0 Å². The smallest absolute Gasteiger partial charge is 0.00106 e. The van der Waals surface area contributed by atoms with Gasteiger partial charge < -0.3 is 5.32 Å². The topological polar surface area (TPSA) is 12.0 Å². The molecule has 4 fully saturated rings. The van der Waals surface area contributed by atoms with Gasteiger partial charge in [0.2, 0.25) is 0 Å². The Balaban J connectivity index is 1.48. The summed E-state index contributed by atoms with van der Waals surface area (Å²) < 4.78 is 0. The summed E-state index contributed by atoms with van der Waals surface area (Å²) in [5, 5.41) is 3.73. The fraction of sp³-hybridized carbons (Fsp3) is 1.00. The second kappa shape index (κ2) is 4.76. The molecule has 0 saturated heterocycles. The van der Waals surface area contributed by atoms with E-state index in [1.165, 1.54) is 6.54 Å². The van der Waals surface area contributed by atoms with Gasteiger partial charge in [-0.3, -0.25) is 0 Å². The quantitative estimate of drug-likeness (QED) is 0.781. The van der Waals surface area contributed by atoms with Gasteiger partial charge in [0.05, 0.1) is 0 Å². The van der Waals surface area contributed by atoms with Crippen LogP contribution in [0.1, 0.15) is 64.7 Å². The van der Waals surface area contributed by atoms with Crippen LogP contribution in [0.3, 0.4) is 0 Å². The fourth-order valence-electron chi connectivity index (χ4n) is 6.62. The van der Waals surface area contributed by atoms with Gasteiger partial charge in [0, 0.05) is 6.54 Å². The average Bonchev–Trinajstić information content (AvgIpc) is 3.15. The highest BCUT2D eigenvalue weighted by atomic mass is 14.9. The molecule has 19 heavy (non-hydrogen) atoms. The van der Waals surface area contributed by atoms with E-state index in [0.717, 1.165) is 36.1 Å². The summed E-state index contributed by atoms with van der Waals surface area (Å²) in [4.78, 5) is 0. The first-order valence-electron chi connectivity index (χ1n) is 9.00. The minimum Gasteiger partial charge on any atom is -0.316 e. The van der Waals surface area contributed by atoms with E-state index in [1.54, 1.807) is 57.8 Å². The molecule has 4 rings (SSSR count). The summed E-state index contributed by atoms with van der Waals surface area (Å²) in [7, 11) is 0. The molecule has 4 saturated carbocycles. The summed E-state index contributed by atoms with van der Waals surface area (Å²) in [6, 6.07) is 0. The summed E-state index contributed by atoms with van der Waals surface area (Å²) in [5.41, 5.74) is 0.716. The monoisotopic (exact) mass is 261 g/mol. The van der Waals surface area contributed by atoms with E-state index in [2.05, 4.69) is 12.2 Å². The molecule has 6 unspecified atom stereocenters. The SMILES string of the molecule is CCNCC1(CC2CC3CCC2C3)CC2CCC1C2. The predicted octanol–water partition coefficient (Wildman–Crippen LogP) is 4.23. The lowest BCUT2D eigenvalue weighted by atomic mass is 9.65. The van der Waals surface area contributed by atoms with Crippen LogP contribution in [0.2, 0.25) is 0 Å². The van der Waals surface area contributed by atoms with Crippen molar-refractivity contribution in [3.05, 3.63) is 0 Å². The van der Waals surface area contributed by atoms with Gasteiger partial charge in [0.1, 0.15) is 0 Å².